The summed E-state index contributed by atoms with van der Waals surface area (Å²) in [4.78, 5) is 21.5. The zero-order chi connectivity index (χ0) is 19.9. The van der Waals surface area contributed by atoms with Gasteiger partial charge in [-0.25, -0.2) is 4.98 Å². The third-order valence-corrected chi connectivity index (χ3v) is 5.66. The van der Waals surface area contributed by atoms with E-state index in [4.69, 9.17) is 9.47 Å². The lowest BCUT2D eigenvalue weighted by Gasteiger charge is -2.34. The first-order chi connectivity index (χ1) is 14.3. The number of piperazine rings is 1. The number of benzene rings is 1. The highest BCUT2D eigenvalue weighted by molar-refractivity contribution is 5.94. The van der Waals surface area contributed by atoms with Crippen LogP contribution in [-0.2, 0) is 11.2 Å². The normalized spacial score (nSPS) is 18.6. The molecule has 2 aliphatic rings. The van der Waals surface area contributed by atoms with Gasteiger partial charge < -0.3 is 14.4 Å². The minimum absolute atomic E-state index is 0.0535. The van der Waals surface area contributed by atoms with Crippen LogP contribution in [0.25, 0.3) is 0 Å². The maximum absolute atomic E-state index is 12.8. The van der Waals surface area contributed by atoms with E-state index in [9.17, 15) is 4.79 Å². The van der Waals surface area contributed by atoms with Crippen LogP contribution in [-0.4, -0.2) is 72.7 Å². The minimum Gasteiger partial charge on any atom is -0.474 e. The number of aromatic nitrogens is 1. The summed E-state index contributed by atoms with van der Waals surface area (Å²) in [5, 5.41) is 0. The second-order valence-corrected chi connectivity index (χ2v) is 7.68. The molecule has 2 aliphatic heterocycles. The molecule has 1 aromatic carbocycles. The Bertz CT molecular complexity index is 768. The predicted octanol–water partition coefficient (Wildman–Crippen LogP) is 2.64. The van der Waals surface area contributed by atoms with E-state index in [-0.39, 0.29) is 12.0 Å². The highest BCUT2D eigenvalue weighted by Crippen LogP contribution is 2.17. The summed E-state index contributed by atoms with van der Waals surface area (Å²) in [5.41, 5.74) is 1.99. The Labute approximate surface area is 172 Å². The highest BCUT2D eigenvalue weighted by Gasteiger charge is 2.22. The van der Waals surface area contributed by atoms with Crippen LogP contribution in [0.1, 0.15) is 28.8 Å². The number of nitrogens with zero attached hydrogens (tertiary/aromatic N) is 3. The quantitative estimate of drug-likeness (QED) is 0.753. The molecule has 0 unspecified atom stereocenters. The van der Waals surface area contributed by atoms with Gasteiger partial charge in [0, 0.05) is 57.8 Å². The van der Waals surface area contributed by atoms with Crippen molar-refractivity contribution in [2.24, 2.45) is 0 Å². The molecule has 1 aromatic heterocycles. The fraction of sp³-hybridized carbons (Fsp3) is 0.478. The summed E-state index contributed by atoms with van der Waals surface area (Å²) in [7, 11) is 0. The van der Waals surface area contributed by atoms with Gasteiger partial charge in [0.15, 0.2) is 0 Å². The Balaban J connectivity index is 1.23. The molecular weight excluding hydrogens is 366 g/mol. The van der Waals surface area contributed by atoms with Crippen molar-refractivity contribution >= 4 is 5.91 Å². The van der Waals surface area contributed by atoms with E-state index in [0.717, 1.165) is 65.2 Å². The van der Waals surface area contributed by atoms with Crippen molar-refractivity contribution in [2.75, 3.05) is 45.9 Å². The molecule has 4 rings (SSSR count). The molecule has 0 radical (unpaired) electrons. The molecule has 1 amide bonds. The zero-order valence-corrected chi connectivity index (χ0v) is 16.8. The molecule has 29 heavy (non-hydrogen) atoms. The van der Waals surface area contributed by atoms with Gasteiger partial charge in [-0.15, -0.1) is 0 Å². The third kappa shape index (κ3) is 5.55. The van der Waals surface area contributed by atoms with Crippen LogP contribution in [0, 0.1) is 0 Å². The Hall–Kier alpha value is -2.44. The number of carbonyl (C=O) groups excluding carboxylic acids is 1. The SMILES string of the molecule is O=C(c1ccc(OC2CCOCC2)nc1)N1CCN(CCc2ccccc2)CC1. The Morgan fingerprint density at radius 1 is 1.03 bits per heavy atom. The van der Waals surface area contributed by atoms with Crippen molar-refractivity contribution in [2.45, 2.75) is 25.4 Å². The molecule has 154 valence electrons. The molecule has 6 nitrogen and oxygen atoms in total. The second kappa shape index (κ2) is 9.85. The monoisotopic (exact) mass is 395 g/mol. The van der Waals surface area contributed by atoms with Gasteiger partial charge in [0.2, 0.25) is 5.88 Å². The predicted molar refractivity (Wildman–Crippen MR) is 111 cm³/mol. The summed E-state index contributed by atoms with van der Waals surface area (Å²) in [6, 6.07) is 14.2. The van der Waals surface area contributed by atoms with E-state index in [1.54, 1.807) is 12.3 Å². The van der Waals surface area contributed by atoms with Gasteiger partial charge >= 0.3 is 0 Å². The lowest BCUT2D eigenvalue weighted by molar-refractivity contribution is 0.0237. The van der Waals surface area contributed by atoms with E-state index < -0.39 is 0 Å². The van der Waals surface area contributed by atoms with Gasteiger partial charge in [-0.3, -0.25) is 9.69 Å². The first-order valence-electron chi connectivity index (χ1n) is 10.5. The van der Waals surface area contributed by atoms with Gasteiger partial charge in [-0.1, -0.05) is 30.3 Å². The van der Waals surface area contributed by atoms with Gasteiger partial charge in [0.25, 0.3) is 5.91 Å². The topological polar surface area (TPSA) is 54.9 Å². The highest BCUT2D eigenvalue weighted by atomic mass is 16.5. The van der Waals surface area contributed by atoms with E-state index in [0.29, 0.717) is 11.4 Å². The van der Waals surface area contributed by atoms with Gasteiger partial charge in [0.1, 0.15) is 6.10 Å². The lowest BCUT2D eigenvalue weighted by Crippen LogP contribution is -2.49. The molecule has 2 saturated heterocycles. The Morgan fingerprint density at radius 3 is 2.48 bits per heavy atom. The fourth-order valence-electron chi connectivity index (χ4n) is 3.83. The number of pyridine rings is 1. The first kappa shape index (κ1) is 19.9. The van der Waals surface area contributed by atoms with Crippen LogP contribution in [0.4, 0.5) is 0 Å². The maximum Gasteiger partial charge on any atom is 0.255 e. The average Bonchev–Trinajstić information content (AvgIpc) is 2.79. The van der Waals surface area contributed by atoms with Crippen molar-refractivity contribution in [1.29, 1.82) is 0 Å². The second-order valence-electron chi connectivity index (χ2n) is 7.68. The van der Waals surface area contributed by atoms with Crippen molar-refractivity contribution in [3.63, 3.8) is 0 Å². The minimum atomic E-state index is 0.0535. The van der Waals surface area contributed by atoms with Gasteiger partial charge in [-0.2, -0.15) is 0 Å². The van der Waals surface area contributed by atoms with Crippen LogP contribution in [0.15, 0.2) is 48.7 Å². The van der Waals surface area contributed by atoms with Crippen molar-refractivity contribution in [3.05, 3.63) is 59.8 Å². The number of rotatable bonds is 6. The van der Waals surface area contributed by atoms with E-state index >= 15 is 0 Å². The summed E-state index contributed by atoms with van der Waals surface area (Å²) in [6.45, 7) is 5.85. The molecule has 0 spiro atoms. The number of carbonyl (C=O) groups is 1. The van der Waals surface area contributed by atoms with Crippen LogP contribution in [0.5, 0.6) is 5.88 Å². The molecule has 0 atom stereocenters. The van der Waals surface area contributed by atoms with E-state index in [1.165, 1.54) is 5.56 Å². The molecule has 3 heterocycles. The average molecular weight is 396 g/mol. The first-order valence-corrected chi connectivity index (χ1v) is 10.5. The number of hydrogen-bond acceptors (Lipinski definition) is 5. The maximum atomic E-state index is 12.8. The molecule has 6 heteroatoms. The summed E-state index contributed by atoms with van der Waals surface area (Å²) in [5.74, 6) is 0.636. The summed E-state index contributed by atoms with van der Waals surface area (Å²) in [6.07, 6.45) is 4.61. The molecule has 2 aromatic rings. The van der Waals surface area contributed by atoms with Crippen molar-refractivity contribution in [1.82, 2.24) is 14.8 Å². The Kier molecular flexibility index (Phi) is 6.75. The van der Waals surface area contributed by atoms with Crippen LogP contribution in [0.3, 0.4) is 0 Å². The lowest BCUT2D eigenvalue weighted by atomic mass is 10.1. The van der Waals surface area contributed by atoms with Crippen LogP contribution in [0.2, 0.25) is 0 Å². The third-order valence-electron chi connectivity index (χ3n) is 5.66. The Morgan fingerprint density at radius 2 is 1.79 bits per heavy atom. The molecule has 0 bridgehead atoms. The standard InChI is InChI=1S/C23H29N3O3/c27-23(20-6-7-22(24-18-20)29-21-9-16-28-17-10-21)26-14-12-25(13-15-26)11-8-19-4-2-1-3-5-19/h1-7,18,21H,8-17H2. The van der Waals surface area contributed by atoms with Crippen molar-refractivity contribution in [3.8, 4) is 5.88 Å². The number of amides is 1. The molecule has 0 N–H and O–H groups in total. The smallest absolute Gasteiger partial charge is 0.255 e. The summed E-state index contributed by atoms with van der Waals surface area (Å²) >= 11 is 0. The molecule has 0 saturated carbocycles. The zero-order valence-electron chi connectivity index (χ0n) is 16.8. The fourth-order valence-corrected chi connectivity index (χ4v) is 3.83. The van der Waals surface area contributed by atoms with E-state index in [1.807, 2.05) is 17.0 Å². The van der Waals surface area contributed by atoms with Gasteiger partial charge in [-0.05, 0) is 18.1 Å². The largest absolute Gasteiger partial charge is 0.474 e. The van der Waals surface area contributed by atoms with E-state index in [2.05, 4.69) is 34.1 Å². The summed E-state index contributed by atoms with van der Waals surface area (Å²) < 4.78 is 11.2. The molecule has 2 fully saturated rings. The van der Waals surface area contributed by atoms with Crippen LogP contribution >= 0.6 is 0 Å². The molecule has 0 aliphatic carbocycles. The van der Waals surface area contributed by atoms with Gasteiger partial charge in [0.05, 0.1) is 18.8 Å². The van der Waals surface area contributed by atoms with Crippen molar-refractivity contribution < 1.29 is 14.3 Å². The number of ether oxygens (including phenoxy) is 2. The number of hydrogen-bond donors (Lipinski definition) is 0. The van der Waals surface area contributed by atoms with Crippen LogP contribution < -0.4 is 4.74 Å². The molecular formula is C23H29N3O3.